The van der Waals surface area contributed by atoms with E-state index in [2.05, 4.69) is 15.9 Å². The Hall–Kier alpha value is -1.59. The van der Waals surface area contributed by atoms with Crippen molar-refractivity contribution in [2.75, 3.05) is 13.7 Å². The van der Waals surface area contributed by atoms with Crippen molar-refractivity contribution in [1.29, 1.82) is 0 Å². The van der Waals surface area contributed by atoms with Crippen LogP contribution in [0.25, 0.3) is 0 Å². The third-order valence-electron chi connectivity index (χ3n) is 3.08. The molecule has 2 aromatic rings. The summed E-state index contributed by atoms with van der Waals surface area (Å²) < 4.78 is 24.9. The molecule has 0 saturated carbocycles. The Morgan fingerprint density at radius 2 is 2.00 bits per heavy atom. The van der Waals surface area contributed by atoms with E-state index >= 15 is 0 Å². The maximum atomic E-state index is 13.4. The molecular weight excluding hydrogens is 337 g/mol. The predicted molar refractivity (Wildman–Crippen MR) is 84.2 cm³/mol. The molecule has 0 amide bonds. The minimum absolute atomic E-state index is 0.255. The van der Waals surface area contributed by atoms with Gasteiger partial charge in [0.1, 0.15) is 12.4 Å². The Bertz CT molecular complexity index is 619. The molecule has 0 heterocycles. The van der Waals surface area contributed by atoms with E-state index in [-0.39, 0.29) is 12.4 Å². The summed E-state index contributed by atoms with van der Waals surface area (Å²) in [4.78, 5) is 0. The van der Waals surface area contributed by atoms with Crippen molar-refractivity contribution in [2.45, 2.75) is 13.0 Å². The first-order valence-electron chi connectivity index (χ1n) is 6.58. The third kappa shape index (κ3) is 3.95. The molecule has 2 aromatic carbocycles. The van der Waals surface area contributed by atoms with E-state index in [0.29, 0.717) is 22.5 Å². The number of ether oxygens (including phenoxy) is 2. The molecule has 0 aliphatic heterocycles. The molecule has 0 bridgehead atoms. The standard InChI is InChI=1S/C16H17BrFNO2/c1-20-15-9-11(7-8-19)5-6-14(15)21-10-12-3-2-4-13(18)16(12)17/h2-6,9H,7-8,10,19H2,1H3. The first-order valence-corrected chi connectivity index (χ1v) is 7.37. The van der Waals surface area contributed by atoms with Crippen LogP contribution in [0.3, 0.4) is 0 Å². The van der Waals surface area contributed by atoms with Crippen LogP contribution >= 0.6 is 15.9 Å². The molecule has 3 nitrogen and oxygen atoms in total. The van der Waals surface area contributed by atoms with E-state index in [0.717, 1.165) is 17.5 Å². The summed E-state index contributed by atoms with van der Waals surface area (Å²) in [6.45, 7) is 0.838. The molecule has 0 aromatic heterocycles. The van der Waals surface area contributed by atoms with Crippen LogP contribution in [0.4, 0.5) is 4.39 Å². The van der Waals surface area contributed by atoms with E-state index in [1.165, 1.54) is 6.07 Å². The third-order valence-corrected chi connectivity index (χ3v) is 3.96. The maximum Gasteiger partial charge on any atom is 0.161 e. The van der Waals surface area contributed by atoms with Crippen LogP contribution in [0, 0.1) is 5.82 Å². The molecule has 0 aliphatic rings. The number of methoxy groups -OCH3 is 1. The fraction of sp³-hybridized carbons (Fsp3) is 0.250. The summed E-state index contributed by atoms with van der Waals surface area (Å²) in [7, 11) is 1.59. The largest absolute Gasteiger partial charge is 0.493 e. The summed E-state index contributed by atoms with van der Waals surface area (Å²) in [5, 5.41) is 0. The number of rotatable bonds is 6. The van der Waals surface area contributed by atoms with Gasteiger partial charge in [0.05, 0.1) is 11.6 Å². The maximum absolute atomic E-state index is 13.4. The lowest BCUT2D eigenvalue weighted by atomic mass is 10.1. The van der Waals surface area contributed by atoms with Crippen LogP contribution in [-0.4, -0.2) is 13.7 Å². The van der Waals surface area contributed by atoms with Gasteiger partial charge in [0.2, 0.25) is 0 Å². The van der Waals surface area contributed by atoms with Crippen LogP contribution in [0.5, 0.6) is 11.5 Å². The fourth-order valence-electron chi connectivity index (χ4n) is 1.97. The number of hydrogen-bond donors (Lipinski definition) is 1. The zero-order chi connectivity index (χ0) is 15.2. The molecule has 0 radical (unpaired) electrons. The first-order chi connectivity index (χ1) is 10.2. The zero-order valence-electron chi connectivity index (χ0n) is 11.7. The highest BCUT2D eigenvalue weighted by molar-refractivity contribution is 9.10. The van der Waals surface area contributed by atoms with Crippen molar-refractivity contribution in [3.63, 3.8) is 0 Å². The second kappa shape index (κ2) is 7.43. The van der Waals surface area contributed by atoms with Crippen molar-refractivity contribution >= 4 is 15.9 Å². The number of hydrogen-bond acceptors (Lipinski definition) is 3. The normalized spacial score (nSPS) is 10.5. The van der Waals surface area contributed by atoms with E-state index in [1.807, 2.05) is 24.3 Å². The Labute approximate surface area is 132 Å². The fourth-order valence-corrected chi connectivity index (χ4v) is 2.35. The number of benzene rings is 2. The van der Waals surface area contributed by atoms with Crippen molar-refractivity contribution in [3.8, 4) is 11.5 Å². The summed E-state index contributed by atoms with van der Waals surface area (Å²) >= 11 is 3.22. The summed E-state index contributed by atoms with van der Waals surface area (Å²) in [5.74, 6) is 0.962. The first kappa shape index (κ1) is 15.8. The van der Waals surface area contributed by atoms with Crippen molar-refractivity contribution < 1.29 is 13.9 Å². The van der Waals surface area contributed by atoms with Gasteiger partial charge < -0.3 is 15.2 Å². The van der Waals surface area contributed by atoms with Gasteiger partial charge in [-0.3, -0.25) is 0 Å². The molecule has 0 spiro atoms. The van der Waals surface area contributed by atoms with Crippen LogP contribution in [0.15, 0.2) is 40.9 Å². The Morgan fingerprint density at radius 3 is 2.71 bits per heavy atom. The zero-order valence-corrected chi connectivity index (χ0v) is 13.3. The van der Waals surface area contributed by atoms with Crippen molar-refractivity contribution in [3.05, 3.63) is 57.8 Å². The Balaban J connectivity index is 2.14. The van der Waals surface area contributed by atoms with Crippen LogP contribution in [-0.2, 0) is 13.0 Å². The van der Waals surface area contributed by atoms with Gasteiger partial charge in [-0.25, -0.2) is 4.39 Å². The highest BCUT2D eigenvalue weighted by Crippen LogP contribution is 2.30. The van der Waals surface area contributed by atoms with Gasteiger partial charge in [0, 0.05) is 5.56 Å². The molecule has 0 fully saturated rings. The van der Waals surface area contributed by atoms with E-state index in [9.17, 15) is 4.39 Å². The van der Waals surface area contributed by atoms with Crippen LogP contribution in [0.1, 0.15) is 11.1 Å². The van der Waals surface area contributed by atoms with E-state index in [1.54, 1.807) is 13.2 Å². The molecule has 21 heavy (non-hydrogen) atoms. The molecular formula is C16H17BrFNO2. The molecule has 0 saturated heterocycles. The molecule has 2 N–H and O–H groups in total. The summed E-state index contributed by atoms with van der Waals surface area (Å²) in [6.07, 6.45) is 0.784. The highest BCUT2D eigenvalue weighted by Gasteiger charge is 2.09. The van der Waals surface area contributed by atoms with Gasteiger partial charge in [-0.15, -0.1) is 0 Å². The van der Waals surface area contributed by atoms with Gasteiger partial charge in [-0.1, -0.05) is 18.2 Å². The molecule has 112 valence electrons. The van der Waals surface area contributed by atoms with Crippen LogP contribution in [0.2, 0.25) is 0 Å². The monoisotopic (exact) mass is 353 g/mol. The average Bonchev–Trinajstić information content (AvgIpc) is 2.50. The second-order valence-corrected chi connectivity index (χ2v) is 5.32. The van der Waals surface area contributed by atoms with E-state index < -0.39 is 0 Å². The Morgan fingerprint density at radius 1 is 1.19 bits per heavy atom. The van der Waals surface area contributed by atoms with Gasteiger partial charge in [-0.05, 0) is 52.7 Å². The number of nitrogens with two attached hydrogens (primary N) is 1. The quantitative estimate of drug-likeness (QED) is 0.861. The smallest absolute Gasteiger partial charge is 0.161 e. The van der Waals surface area contributed by atoms with Gasteiger partial charge >= 0.3 is 0 Å². The second-order valence-electron chi connectivity index (χ2n) is 4.53. The minimum atomic E-state index is -0.304. The SMILES string of the molecule is COc1cc(CCN)ccc1OCc1cccc(F)c1Br. The molecule has 0 aliphatic carbocycles. The van der Waals surface area contributed by atoms with Crippen LogP contribution < -0.4 is 15.2 Å². The Kier molecular flexibility index (Phi) is 5.59. The average molecular weight is 354 g/mol. The van der Waals surface area contributed by atoms with Gasteiger partial charge in [0.25, 0.3) is 0 Å². The minimum Gasteiger partial charge on any atom is -0.493 e. The molecule has 2 rings (SSSR count). The molecule has 0 atom stereocenters. The topological polar surface area (TPSA) is 44.5 Å². The summed E-state index contributed by atoms with van der Waals surface area (Å²) in [5.41, 5.74) is 7.37. The number of halogens is 2. The van der Waals surface area contributed by atoms with Gasteiger partial charge in [0.15, 0.2) is 11.5 Å². The molecule has 5 heteroatoms. The lowest BCUT2D eigenvalue weighted by Crippen LogP contribution is -2.04. The van der Waals surface area contributed by atoms with Crippen molar-refractivity contribution in [2.24, 2.45) is 5.73 Å². The van der Waals surface area contributed by atoms with Crippen molar-refractivity contribution in [1.82, 2.24) is 0 Å². The van der Waals surface area contributed by atoms with Gasteiger partial charge in [-0.2, -0.15) is 0 Å². The highest BCUT2D eigenvalue weighted by atomic mass is 79.9. The lowest BCUT2D eigenvalue weighted by molar-refractivity contribution is 0.283. The predicted octanol–water partition coefficient (Wildman–Crippen LogP) is 3.68. The molecule has 0 unspecified atom stereocenters. The van der Waals surface area contributed by atoms with E-state index in [4.69, 9.17) is 15.2 Å². The summed E-state index contributed by atoms with van der Waals surface area (Å²) in [6, 6.07) is 10.6. The lowest BCUT2D eigenvalue weighted by Gasteiger charge is -2.13.